The highest BCUT2D eigenvalue weighted by Gasteiger charge is 2.15. The van der Waals surface area contributed by atoms with Crippen LogP contribution in [0.3, 0.4) is 0 Å². The molecule has 0 aliphatic rings. The second kappa shape index (κ2) is 7.23. The van der Waals surface area contributed by atoms with Crippen LogP contribution in [0.15, 0.2) is 46.8 Å². The maximum absolute atomic E-state index is 4.59. The fourth-order valence-electron chi connectivity index (χ4n) is 2.31. The van der Waals surface area contributed by atoms with Crippen LogP contribution >= 0.6 is 11.8 Å². The van der Waals surface area contributed by atoms with Crippen molar-refractivity contribution in [1.29, 1.82) is 0 Å². The van der Waals surface area contributed by atoms with Crippen LogP contribution in [-0.2, 0) is 7.05 Å². The van der Waals surface area contributed by atoms with E-state index in [0.29, 0.717) is 11.1 Å². The highest BCUT2D eigenvalue weighted by Crippen LogP contribution is 2.29. The predicted molar refractivity (Wildman–Crippen MR) is 101 cm³/mol. The highest BCUT2D eigenvalue weighted by molar-refractivity contribution is 7.99. The van der Waals surface area contributed by atoms with E-state index < -0.39 is 0 Å². The van der Waals surface area contributed by atoms with E-state index in [2.05, 4.69) is 50.5 Å². The summed E-state index contributed by atoms with van der Waals surface area (Å²) in [6.07, 6.45) is 1.88. The van der Waals surface area contributed by atoms with Gasteiger partial charge in [-0.2, -0.15) is 9.97 Å². The highest BCUT2D eigenvalue weighted by atomic mass is 32.2. The zero-order chi connectivity index (χ0) is 18.0. The number of hydrogen-bond donors (Lipinski definition) is 0. The van der Waals surface area contributed by atoms with Crippen molar-refractivity contribution in [3.63, 3.8) is 0 Å². The Hall–Kier alpha value is -2.41. The molecule has 0 N–H and O–H groups in total. The molecule has 25 heavy (non-hydrogen) atoms. The van der Waals surface area contributed by atoms with E-state index in [-0.39, 0.29) is 5.92 Å². The van der Waals surface area contributed by atoms with E-state index >= 15 is 0 Å². The first-order valence-electron chi connectivity index (χ1n) is 8.14. The number of benzene rings is 1. The molecule has 3 rings (SSSR count). The van der Waals surface area contributed by atoms with Gasteiger partial charge in [-0.25, -0.2) is 9.97 Å². The van der Waals surface area contributed by atoms with E-state index in [1.165, 1.54) is 11.8 Å². The quantitative estimate of drug-likeness (QED) is 0.697. The summed E-state index contributed by atoms with van der Waals surface area (Å²) in [4.78, 5) is 20.1. The van der Waals surface area contributed by atoms with Gasteiger partial charge in [0.05, 0.1) is 11.9 Å². The molecule has 0 unspecified atom stereocenters. The topological polar surface area (TPSA) is 59.7 Å². The molecule has 2 heterocycles. The lowest BCUT2D eigenvalue weighted by Crippen LogP contribution is -2.15. The minimum atomic E-state index is 0.238. The number of rotatable bonds is 5. The molecule has 0 atom stereocenters. The first kappa shape index (κ1) is 17.4. The van der Waals surface area contributed by atoms with E-state index in [1.54, 1.807) is 0 Å². The third kappa shape index (κ3) is 3.82. The fourth-order valence-corrected chi connectivity index (χ4v) is 3.08. The number of aromatic nitrogens is 5. The molecular weight excluding hydrogens is 332 g/mol. The van der Waals surface area contributed by atoms with Crippen molar-refractivity contribution in [1.82, 2.24) is 24.5 Å². The Balaban J connectivity index is 1.94. The molecule has 7 heteroatoms. The first-order chi connectivity index (χ1) is 12.0. The predicted octanol–water partition coefficient (Wildman–Crippen LogP) is 3.61. The van der Waals surface area contributed by atoms with Gasteiger partial charge in [-0.05, 0) is 17.3 Å². The average molecular weight is 354 g/mol. The van der Waals surface area contributed by atoms with Crippen molar-refractivity contribution in [3.8, 4) is 11.3 Å². The molecule has 0 saturated heterocycles. The summed E-state index contributed by atoms with van der Waals surface area (Å²) in [5.74, 6) is 1.69. The Kier molecular flexibility index (Phi) is 5.03. The summed E-state index contributed by atoms with van der Waals surface area (Å²) in [6, 6.07) is 10.2. The summed E-state index contributed by atoms with van der Waals surface area (Å²) < 4.78 is 2.06. The smallest absolute Gasteiger partial charge is 0.229 e. The minimum Gasteiger partial charge on any atom is -0.347 e. The van der Waals surface area contributed by atoms with E-state index in [1.807, 2.05) is 50.4 Å². The van der Waals surface area contributed by atoms with Crippen LogP contribution < -0.4 is 4.90 Å². The lowest BCUT2D eigenvalue weighted by Gasteiger charge is -2.13. The van der Waals surface area contributed by atoms with Gasteiger partial charge in [-0.15, -0.1) is 0 Å². The largest absolute Gasteiger partial charge is 0.347 e. The van der Waals surface area contributed by atoms with E-state index in [9.17, 15) is 0 Å². The van der Waals surface area contributed by atoms with Crippen LogP contribution in [0.5, 0.6) is 0 Å². The Morgan fingerprint density at radius 1 is 1.04 bits per heavy atom. The zero-order valence-electron chi connectivity index (χ0n) is 15.1. The van der Waals surface area contributed by atoms with Gasteiger partial charge in [0.1, 0.15) is 5.82 Å². The van der Waals surface area contributed by atoms with Gasteiger partial charge in [0.15, 0.2) is 5.16 Å². The van der Waals surface area contributed by atoms with Gasteiger partial charge in [0.25, 0.3) is 0 Å². The molecule has 1 aromatic carbocycles. The number of nitrogens with zero attached hydrogens (tertiary/aromatic N) is 6. The number of imidazole rings is 1. The van der Waals surface area contributed by atoms with Gasteiger partial charge < -0.3 is 9.47 Å². The molecule has 0 aliphatic carbocycles. The molecule has 2 aromatic heterocycles. The van der Waals surface area contributed by atoms with Crippen LogP contribution in [0.4, 0.5) is 5.95 Å². The van der Waals surface area contributed by atoms with Crippen molar-refractivity contribution in [3.05, 3.63) is 42.4 Å². The van der Waals surface area contributed by atoms with Crippen LogP contribution in [0.25, 0.3) is 11.3 Å². The van der Waals surface area contributed by atoms with Crippen molar-refractivity contribution >= 4 is 17.7 Å². The van der Waals surface area contributed by atoms with Crippen LogP contribution in [0, 0.1) is 0 Å². The Morgan fingerprint density at radius 3 is 2.40 bits per heavy atom. The monoisotopic (exact) mass is 354 g/mol. The third-order valence-corrected chi connectivity index (χ3v) is 4.66. The Bertz CT molecular complexity index is 831. The summed E-state index contributed by atoms with van der Waals surface area (Å²) in [7, 11) is 5.87. The molecule has 6 nitrogen and oxygen atoms in total. The molecule has 0 saturated carbocycles. The Labute approximate surface area is 152 Å². The Morgan fingerprint density at radius 2 is 1.76 bits per heavy atom. The molecule has 0 amide bonds. The van der Waals surface area contributed by atoms with Gasteiger partial charge in [-0.1, -0.05) is 44.2 Å². The second-order valence-corrected chi connectivity index (χ2v) is 7.21. The molecule has 0 fully saturated rings. The molecule has 0 radical (unpaired) electrons. The lowest BCUT2D eigenvalue weighted by molar-refractivity contribution is 0.713. The number of anilines is 1. The van der Waals surface area contributed by atoms with Crippen molar-refractivity contribution in [2.24, 2.45) is 7.05 Å². The summed E-state index contributed by atoms with van der Waals surface area (Å²) in [6.45, 7) is 4.16. The molecule has 0 bridgehead atoms. The summed E-state index contributed by atoms with van der Waals surface area (Å²) >= 11 is 1.46. The minimum absolute atomic E-state index is 0.238. The van der Waals surface area contributed by atoms with Crippen LogP contribution in [0.1, 0.15) is 25.6 Å². The van der Waals surface area contributed by atoms with Crippen LogP contribution in [-0.4, -0.2) is 38.6 Å². The molecule has 3 aromatic rings. The van der Waals surface area contributed by atoms with Gasteiger partial charge in [0, 0.05) is 27.1 Å². The lowest BCUT2D eigenvalue weighted by atomic mass is 10.2. The fraction of sp³-hybridized carbons (Fsp3) is 0.333. The van der Waals surface area contributed by atoms with Gasteiger partial charge in [0.2, 0.25) is 11.1 Å². The van der Waals surface area contributed by atoms with Crippen molar-refractivity contribution < 1.29 is 0 Å². The zero-order valence-corrected chi connectivity index (χ0v) is 15.9. The van der Waals surface area contributed by atoms with E-state index in [4.69, 9.17) is 0 Å². The molecule has 130 valence electrons. The normalized spacial score (nSPS) is 11.1. The first-order valence-corrected chi connectivity index (χ1v) is 8.95. The molecule has 0 spiro atoms. The SMILES string of the molecule is CC(C)c1nc(Sc2ncc(-c3ccccc3)n2C)nc(N(C)C)n1. The maximum Gasteiger partial charge on any atom is 0.229 e. The van der Waals surface area contributed by atoms with Gasteiger partial charge in [-0.3, -0.25) is 0 Å². The standard InChI is InChI=1S/C18H22N6S/c1-12(2)15-20-16(23(3)4)22-17(21-15)25-18-19-11-14(24(18)5)13-9-7-6-8-10-13/h6-12H,1-5H3. The third-order valence-electron chi connectivity index (χ3n) is 3.73. The van der Waals surface area contributed by atoms with Crippen LogP contribution in [0.2, 0.25) is 0 Å². The molecule has 0 aliphatic heterocycles. The maximum atomic E-state index is 4.59. The number of hydrogen-bond acceptors (Lipinski definition) is 6. The summed E-state index contributed by atoms with van der Waals surface area (Å²) in [5.41, 5.74) is 2.20. The van der Waals surface area contributed by atoms with Crippen molar-refractivity contribution in [2.45, 2.75) is 30.1 Å². The van der Waals surface area contributed by atoms with Gasteiger partial charge >= 0.3 is 0 Å². The average Bonchev–Trinajstić information content (AvgIpc) is 2.96. The van der Waals surface area contributed by atoms with E-state index in [0.717, 1.165) is 22.2 Å². The molecular formula is C18H22N6S. The summed E-state index contributed by atoms with van der Waals surface area (Å²) in [5, 5.41) is 1.51. The van der Waals surface area contributed by atoms with Crippen molar-refractivity contribution in [2.75, 3.05) is 19.0 Å². The second-order valence-electron chi connectivity index (χ2n) is 6.28.